The van der Waals surface area contributed by atoms with E-state index in [-0.39, 0.29) is 4.90 Å². The zero-order chi connectivity index (χ0) is 18.9. The number of hydrogen-bond acceptors (Lipinski definition) is 5. The Morgan fingerprint density at radius 3 is 2.46 bits per heavy atom. The highest BCUT2D eigenvalue weighted by atomic mass is 32.2. The molecule has 0 aliphatic rings. The summed E-state index contributed by atoms with van der Waals surface area (Å²) >= 11 is 1.48. The summed E-state index contributed by atoms with van der Waals surface area (Å²) in [6.45, 7) is 1.93. The van der Waals surface area contributed by atoms with E-state index in [0.717, 1.165) is 33.1 Å². The van der Waals surface area contributed by atoms with E-state index < -0.39 is 10.0 Å². The van der Waals surface area contributed by atoms with Crippen molar-refractivity contribution in [3.63, 3.8) is 0 Å². The number of ether oxygens (including phenoxy) is 1. The average molecular weight is 390 g/mol. The molecule has 0 unspecified atom stereocenters. The molecule has 0 atom stereocenters. The lowest BCUT2D eigenvalue weighted by Gasteiger charge is -2.09. The van der Waals surface area contributed by atoms with Gasteiger partial charge in [0.1, 0.15) is 5.75 Å². The minimum atomic E-state index is -3.75. The van der Waals surface area contributed by atoms with Crippen LogP contribution in [0.3, 0.4) is 0 Å². The molecule has 6 nitrogen and oxygen atoms in total. The molecular weight excluding hydrogens is 370 g/mol. The summed E-state index contributed by atoms with van der Waals surface area (Å²) in [5.74, 6) is 0.774. The molecule has 0 saturated heterocycles. The Bertz CT molecular complexity index is 1110. The molecule has 26 heavy (non-hydrogen) atoms. The summed E-state index contributed by atoms with van der Waals surface area (Å²) in [5, 5.41) is 7.22. The Kier molecular flexibility index (Phi) is 4.99. The molecule has 3 aromatic rings. The molecule has 2 N–H and O–H groups in total. The smallest absolute Gasteiger partial charge is 0.238 e. The Labute approximate surface area is 156 Å². The SMILES string of the molecule is COc1ccc(N=c2scc(-c3cc(S(N)(=O)=O)ccc3C)n2C)cc1. The lowest BCUT2D eigenvalue weighted by Crippen LogP contribution is -2.13. The van der Waals surface area contributed by atoms with Gasteiger partial charge in [-0.05, 0) is 48.9 Å². The predicted molar refractivity (Wildman–Crippen MR) is 103 cm³/mol. The van der Waals surface area contributed by atoms with Crippen molar-refractivity contribution in [3.8, 4) is 17.0 Å². The molecular formula is C18H19N3O3S2. The van der Waals surface area contributed by atoms with Gasteiger partial charge in [0, 0.05) is 18.0 Å². The maximum atomic E-state index is 11.7. The number of sulfonamides is 1. The monoisotopic (exact) mass is 389 g/mol. The number of rotatable bonds is 4. The number of primary sulfonamides is 1. The Balaban J connectivity index is 2.08. The fraction of sp³-hybridized carbons (Fsp3) is 0.167. The topological polar surface area (TPSA) is 86.7 Å². The van der Waals surface area contributed by atoms with Gasteiger partial charge in [0.25, 0.3) is 0 Å². The van der Waals surface area contributed by atoms with Gasteiger partial charge in [0.2, 0.25) is 10.0 Å². The lowest BCUT2D eigenvalue weighted by atomic mass is 10.1. The molecule has 3 rings (SSSR count). The first-order valence-electron chi connectivity index (χ1n) is 7.77. The summed E-state index contributed by atoms with van der Waals surface area (Å²) in [7, 11) is -0.232. The summed E-state index contributed by atoms with van der Waals surface area (Å²) in [6, 6.07) is 12.3. The van der Waals surface area contributed by atoms with Gasteiger partial charge in [0.15, 0.2) is 4.80 Å². The van der Waals surface area contributed by atoms with Crippen molar-refractivity contribution >= 4 is 27.0 Å². The van der Waals surface area contributed by atoms with E-state index in [4.69, 9.17) is 9.88 Å². The lowest BCUT2D eigenvalue weighted by molar-refractivity contribution is 0.415. The Morgan fingerprint density at radius 1 is 1.15 bits per heavy atom. The number of benzene rings is 2. The minimum absolute atomic E-state index is 0.0953. The van der Waals surface area contributed by atoms with Crippen LogP contribution in [0.4, 0.5) is 5.69 Å². The van der Waals surface area contributed by atoms with Crippen LogP contribution in [-0.2, 0) is 17.1 Å². The molecule has 0 aliphatic heterocycles. The quantitative estimate of drug-likeness (QED) is 0.744. The van der Waals surface area contributed by atoms with E-state index in [1.54, 1.807) is 19.2 Å². The van der Waals surface area contributed by atoms with Crippen LogP contribution in [0.25, 0.3) is 11.3 Å². The first-order valence-corrected chi connectivity index (χ1v) is 10.2. The summed E-state index contributed by atoms with van der Waals surface area (Å²) in [5.41, 5.74) is 3.46. The second kappa shape index (κ2) is 7.06. The molecule has 0 radical (unpaired) electrons. The normalized spacial score (nSPS) is 12.4. The van der Waals surface area contributed by atoms with Crippen LogP contribution in [0.1, 0.15) is 5.56 Å². The number of aryl methyl sites for hydroxylation is 1. The van der Waals surface area contributed by atoms with Gasteiger partial charge in [-0.15, -0.1) is 11.3 Å². The van der Waals surface area contributed by atoms with E-state index in [2.05, 4.69) is 4.99 Å². The van der Waals surface area contributed by atoms with Gasteiger partial charge in [0.05, 0.1) is 23.4 Å². The second-order valence-corrected chi connectivity index (χ2v) is 8.19. The number of nitrogens with zero attached hydrogens (tertiary/aromatic N) is 2. The van der Waals surface area contributed by atoms with Crippen LogP contribution >= 0.6 is 11.3 Å². The third kappa shape index (κ3) is 3.72. The minimum Gasteiger partial charge on any atom is -0.497 e. The molecule has 136 valence electrons. The molecule has 0 fully saturated rings. The maximum Gasteiger partial charge on any atom is 0.238 e. The van der Waals surface area contributed by atoms with Crippen LogP contribution in [0, 0.1) is 6.92 Å². The molecule has 0 spiro atoms. The number of thiazole rings is 1. The Hall–Kier alpha value is -2.42. The van der Waals surface area contributed by atoms with Gasteiger partial charge < -0.3 is 9.30 Å². The van der Waals surface area contributed by atoms with Crippen LogP contribution < -0.4 is 14.7 Å². The first-order chi connectivity index (χ1) is 12.3. The van der Waals surface area contributed by atoms with Gasteiger partial charge in [-0.25, -0.2) is 18.5 Å². The van der Waals surface area contributed by atoms with Crippen LogP contribution in [-0.4, -0.2) is 20.1 Å². The van der Waals surface area contributed by atoms with Crippen molar-refractivity contribution in [3.05, 3.63) is 58.2 Å². The summed E-state index contributed by atoms with van der Waals surface area (Å²) in [4.78, 5) is 5.54. The zero-order valence-electron chi connectivity index (χ0n) is 14.6. The second-order valence-electron chi connectivity index (χ2n) is 5.79. The number of methoxy groups -OCH3 is 1. The Morgan fingerprint density at radius 2 is 1.85 bits per heavy atom. The van der Waals surface area contributed by atoms with Gasteiger partial charge in [-0.2, -0.15) is 0 Å². The van der Waals surface area contributed by atoms with Gasteiger partial charge >= 0.3 is 0 Å². The van der Waals surface area contributed by atoms with Crippen molar-refractivity contribution in [2.45, 2.75) is 11.8 Å². The molecule has 1 aromatic heterocycles. The zero-order valence-corrected chi connectivity index (χ0v) is 16.3. The average Bonchev–Trinajstić information content (AvgIpc) is 2.95. The standard InChI is InChI=1S/C18H19N3O3S2/c1-12-4-9-15(26(19,22)23)10-16(12)17-11-25-18(21(17)2)20-13-5-7-14(24-3)8-6-13/h4-11H,1-3H3,(H2,19,22,23). The number of aromatic nitrogens is 1. The highest BCUT2D eigenvalue weighted by molar-refractivity contribution is 7.89. The van der Waals surface area contributed by atoms with Crippen molar-refractivity contribution < 1.29 is 13.2 Å². The van der Waals surface area contributed by atoms with Crippen molar-refractivity contribution in [1.82, 2.24) is 4.57 Å². The van der Waals surface area contributed by atoms with Gasteiger partial charge in [-0.1, -0.05) is 6.07 Å². The van der Waals surface area contributed by atoms with Crippen LogP contribution in [0.15, 0.2) is 57.7 Å². The van der Waals surface area contributed by atoms with E-state index in [9.17, 15) is 8.42 Å². The highest BCUT2D eigenvalue weighted by Crippen LogP contribution is 2.26. The first kappa shape index (κ1) is 18.4. The van der Waals surface area contributed by atoms with Crippen molar-refractivity contribution in [1.29, 1.82) is 0 Å². The van der Waals surface area contributed by atoms with Crippen LogP contribution in [0.2, 0.25) is 0 Å². The molecule has 0 aliphatic carbocycles. The van der Waals surface area contributed by atoms with E-state index in [1.807, 2.05) is 48.2 Å². The highest BCUT2D eigenvalue weighted by Gasteiger charge is 2.13. The predicted octanol–water partition coefficient (Wildman–Crippen LogP) is 2.95. The number of nitrogens with two attached hydrogens (primary N) is 1. The fourth-order valence-electron chi connectivity index (χ4n) is 2.54. The van der Waals surface area contributed by atoms with E-state index in [0.29, 0.717) is 0 Å². The number of hydrogen-bond donors (Lipinski definition) is 1. The van der Waals surface area contributed by atoms with Crippen LogP contribution in [0.5, 0.6) is 5.75 Å². The van der Waals surface area contributed by atoms with Gasteiger partial charge in [-0.3, -0.25) is 0 Å². The molecule has 1 heterocycles. The van der Waals surface area contributed by atoms with Crippen molar-refractivity contribution in [2.24, 2.45) is 17.2 Å². The van der Waals surface area contributed by atoms with E-state index >= 15 is 0 Å². The molecule has 0 amide bonds. The van der Waals surface area contributed by atoms with Crippen molar-refractivity contribution in [2.75, 3.05) is 7.11 Å². The van der Waals surface area contributed by atoms with E-state index in [1.165, 1.54) is 17.4 Å². The fourth-order valence-corrected chi connectivity index (χ4v) is 3.99. The maximum absolute atomic E-state index is 11.7. The molecule has 8 heteroatoms. The summed E-state index contributed by atoms with van der Waals surface area (Å²) < 4.78 is 30.4. The molecule has 2 aromatic carbocycles. The third-order valence-corrected chi connectivity index (χ3v) is 5.86. The third-order valence-electron chi connectivity index (χ3n) is 4.03. The molecule has 0 bridgehead atoms. The largest absolute Gasteiger partial charge is 0.497 e. The molecule has 0 saturated carbocycles. The summed E-state index contributed by atoms with van der Waals surface area (Å²) in [6.07, 6.45) is 0.